The summed E-state index contributed by atoms with van der Waals surface area (Å²) in [6.45, 7) is 0.461. The zero-order chi connectivity index (χ0) is 22.3. The highest BCUT2D eigenvalue weighted by molar-refractivity contribution is 7.93. The minimum atomic E-state index is -3.93. The maximum absolute atomic E-state index is 13.4. The van der Waals surface area contributed by atoms with Crippen LogP contribution in [0.4, 0.5) is 5.69 Å². The van der Waals surface area contributed by atoms with Crippen LogP contribution in [0.3, 0.4) is 0 Å². The Balaban J connectivity index is 1.40. The van der Waals surface area contributed by atoms with Crippen molar-refractivity contribution in [2.24, 2.45) is 0 Å². The van der Waals surface area contributed by atoms with E-state index in [1.54, 1.807) is 22.7 Å². The molecule has 0 fully saturated rings. The largest absolute Gasteiger partial charge is 0.345 e. The smallest absolute Gasteiger partial charge is 0.265 e. The maximum atomic E-state index is 13.4. The molecule has 162 valence electrons. The summed E-state index contributed by atoms with van der Waals surface area (Å²) in [5, 5.41) is 11.0. The van der Waals surface area contributed by atoms with E-state index in [0.717, 1.165) is 5.56 Å². The zero-order valence-electron chi connectivity index (χ0n) is 16.8. The number of halogens is 1. The molecule has 4 aromatic rings. The molecule has 0 spiro atoms. The van der Waals surface area contributed by atoms with Gasteiger partial charge in [0.1, 0.15) is 4.90 Å². The van der Waals surface area contributed by atoms with Crippen LogP contribution in [0.25, 0.3) is 5.65 Å². The molecule has 2 aromatic carbocycles. The molecule has 32 heavy (non-hydrogen) atoms. The Labute approximate surface area is 189 Å². The fourth-order valence-corrected chi connectivity index (χ4v) is 5.80. The van der Waals surface area contributed by atoms with Crippen LogP contribution in [0, 0.1) is 0 Å². The topological polar surface area (TPSA) is 96.7 Å². The molecule has 5 rings (SSSR count). The summed E-state index contributed by atoms with van der Waals surface area (Å²) >= 11 is 6.26. The summed E-state index contributed by atoms with van der Waals surface area (Å²) in [6.07, 6.45) is 2.43. The van der Waals surface area contributed by atoms with Gasteiger partial charge in [0, 0.05) is 18.3 Å². The van der Waals surface area contributed by atoms with Gasteiger partial charge < -0.3 is 5.32 Å². The minimum Gasteiger partial charge on any atom is -0.345 e. The molecule has 0 aliphatic carbocycles. The minimum absolute atomic E-state index is 0.0642. The Morgan fingerprint density at radius 1 is 1.06 bits per heavy atom. The molecule has 0 unspecified atom stereocenters. The number of nitrogens with zero attached hydrogens (tertiary/aromatic N) is 4. The summed E-state index contributed by atoms with van der Waals surface area (Å²) in [7, 11) is -3.93. The molecule has 2 aromatic heterocycles. The second kappa shape index (κ2) is 7.92. The van der Waals surface area contributed by atoms with Crippen LogP contribution in [-0.4, -0.2) is 35.5 Å². The van der Waals surface area contributed by atoms with Crippen LogP contribution in [0.15, 0.2) is 71.8 Å². The van der Waals surface area contributed by atoms with Crippen molar-refractivity contribution in [3.05, 3.63) is 88.8 Å². The molecule has 0 bridgehead atoms. The number of rotatable bonds is 5. The van der Waals surface area contributed by atoms with Crippen LogP contribution < -0.4 is 9.62 Å². The maximum Gasteiger partial charge on any atom is 0.265 e. The van der Waals surface area contributed by atoms with Gasteiger partial charge in [-0.15, -0.1) is 10.2 Å². The van der Waals surface area contributed by atoms with E-state index in [1.165, 1.54) is 22.5 Å². The number of pyridine rings is 1. The molecular formula is C22H18ClN5O3S. The third kappa shape index (κ3) is 3.49. The molecule has 3 heterocycles. The summed E-state index contributed by atoms with van der Waals surface area (Å²) in [6, 6.07) is 17.1. The van der Waals surface area contributed by atoms with Crippen molar-refractivity contribution >= 4 is 38.9 Å². The first-order valence-electron chi connectivity index (χ1n) is 9.92. The third-order valence-electron chi connectivity index (χ3n) is 5.40. The molecule has 0 saturated heterocycles. The third-order valence-corrected chi connectivity index (χ3v) is 7.69. The van der Waals surface area contributed by atoms with Gasteiger partial charge in [-0.05, 0) is 48.4 Å². The molecule has 1 aliphatic rings. The lowest BCUT2D eigenvalue weighted by molar-refractivity contribution is 0.0949. The summed E-state index contributed by atoms with van der Waals surface area (Å²) in [5.74, 6) is 0.122. The first-order valence-corrected chi connectivity index (χ1v) is 11.7. The van der Waals surface area contributed by atoms with Crippen LogP contribution >= 0.6 is 11.6 Å². The highest BCUT2D eigenvalue weighted by Crippen LogP contribution is 2.35. The lowest BCUT2D eigenvalue weighted by Gasteiger charge is -2.20. The predicted molar refractivity (Wildman–Crippen MR) is 120 cm³/mol. The first-order chi connectivity index (χ1) is 15.4. The summed E-state index contributed by atoms with van der Waals surface area (Å²) in [5.41, 5.74) is 2.45. The number of carbonyl (C=O) groups is 1. The first kappa shape index (κ1) is 20.5. The number of nitrogens with one attached hydrogen (secondary N) is 1. The van der Waals surface area contributed by atoms with Crippen molar-refractivity contribution in [1.29, 1.82) is 0 Å². The Morgan fingerprint density at radius 3 is 2.75 bits per heavy atom. The number of benzene rings is 2. The van der Waals surface area contributed by atoms with E-state index in [9.17, 15) is 13.2 Å². The number of anilines is 1. The second-order valence-corrected chi connectivity index (χ2v) is 9.57. The lowest BCUT2D eigenvalue weighted by atomic mass is 10.2. The molecular weight excluding hydrogens is 450 g/mol. The van der Waals surface area contributed by atoms with E-state index in [1.807, 2.05) is 30.3 Å². The molecule has 0 radical (unpaired) electrons. The van der Waals surface area contributed by atoms with Gasteiger partial charge in [0.15, 0.2) is 11.5 Å². The van der Waals surface area contributed by atoms with Gasteiger partial charge in [-0.1, -0.05) is 35.9 Å². The molecule has 1 aliphatic heterocycles. The fourth-order valence-electron chi connectivity index (χ4n) is 3.79. The van der Waals surface area contributed by atoms with E-state index >= 15 is 0 Å². The molecule has 8 nitrogen and oxygen atoms in total. The van der Waals surface area contributed by atoms with Gasteiger partial charge in [0.25, 0.3) is 15.9 Å². The highest BCUT2D eigenvalue weighted by atomic mass is 35.5. The van der Waals surface area contributed by atoms with Gasteiger partial charge >= 0.3 is 0 Å². The Hall–Kier alpha value is -3.43. The number of fused-ring (bicyclic) bond motifs is 2. The number of sulfonamides is 1. The number of aromatic nitrogens is 3. The fraction of sp³-hybridized carbons (Fsp3) is 0.136. The van der Waals surface area contributed by atoms with Crippen LogP contribution in [0.5, 0.6) is 0 Å². The summed E-state index contributed by atoms with van der Waals surface area (Å²) < 4.78 is 29.9. The van der Waals surface area contributed by atoms with E-state index in [0.29, 0.717) is 30.1 Å². The van der Waals surface area contributed by atoms with Gasteiger partial charge in [0.2, 0.25) is 0 Å². The molecule has 0 saturated carbocycles. The van der Waals surface area contributed by atoms with E-state index in [4.69, 9.17) is 11.6 Å². The van der Waals surface area contributed by atoms with Crippen molar-refractivity contribution in [2.45, 2.75) is 17.9 Å². The number of hydrogen-bond acceptors (Lipinski definition) is 5. The zero-order valence-corrected chi connectivity index (χ0v) is 18.3. The van der Waals surface area contributed by atoms with Crippen molar-refractivity contribution in [3.8, 4) is 0 Å². The quantitative estimate of drug-likeness (QED) is 0.486. The normalized spacial score (nSPS) is 13.3. The number of hydrogen-bond donors (Lipinski definition) is 1. The van der Waals surface area contributed by atoms with Crippen LogP contribution in [0.2, 0.25) is 5.02 Å². The number of amides is 1. The monoisotopic (exact) mass is 467 g/mol. The van der Waals surface area contributed by atoms with E-state index in [-0.39, 0.29) is 22.0 Å². The van der Waals surface area contributed by atoms with E-state index < -0.39 is 15.9 Å². The van der Waals surface area contributed by atoms with Crippen molar-refractivity contribution < 1.29 is 13.2 Å². The molecule has 10 heteroatoms. The highest BCUT2D eigenvalue weighted by Gasteiger charge is 2.32. The lowest BCUT2D eigenvalue weighted by Crippen LogP contribution is -2.30. The summed E-state index contributed by atoms with van der Waals surface area (Å²) in [4.78, 5) is 12.7. The average Bonchev–Trinajstić information content (AvgIpc) is 3.42. The average molecular weight is 468 g/mol. The van der Waals surface area contributed by atoms with Gasteiger partial charge in [-0.2, -0.15) is 0 Å². The van der Waals surface area contributed by atoms with Gasteiger partial charge in [-0.3, -0.25) is 13.5 Å². The second-order valence-electron chi connectivity index (χ2n) is 7.33. The Kier molecular flexibility index (Phi) is 5.07. The van der Waals surface area contributed by atoms with Gasteiger partial charge in [0.05, 0.1) is 17.3 Å². The van der Waals surface area contributed by atoms with Crippen LogP contribution in [0.1, 0.15) is 21.7 Å². The van der Waals surface area contributed by atoms with Crippen molar-refractivity contribution in [2.75, 3.05) is 10.8 Å². The SMILES string of the molecule is O=C(NCc1nnc2ccccn12)c1ccc(Cl)c(S(=O)(=O)N2CCc3ccccc32)c1. The Bertz CT molecular complexity index is 1450. The van der Waals surface area contributed by atoms with Crippen molar-refractivity contribution in [1.82, 2.24) is 19.9 Å². The predicted octanol–water partition coefficient (Wildman–Crippen LogP) is 3.06. The molecule has 0 atom stereocenters. The number of para-hydroxylation sites is 1. The molecule has 1 amide bonds. The van der Waals surface area contributed by atoms with E-state index in [2.05, 4.69) is 15.5 Å². The molecule has 1 N–H and O–H groups in total. The van der Waals surface area contributed by atoms with Gasteiger partial charge in [-0.25, -0.2) is 8.42 Å². The van der Waals surface area contributed by atoms with Crippen LogP contribution in [-0.2, 0) is 23.0 Å². The number of carbonyl (C=O) groups excluding carboxylic acids is 1. The standard InChI is InChI=1S/C22H18ClN5O3S/c23-17-9-8-16(22(29)24-14-21-26-25-20-7-3-4-11-27(20)21)13-19(17)32(30,31)28-12-10-15-5-1-2-6-18(15)28/h1-9,11,13H,10,12,14H2,(H,24,29). The Morgan fingerprint density at radius 2 is 1.88 bits per heavy atom. The van der Waals surface area contributed by atoms with Crippen molar-refractivity contribution in [3.63, 3.8) is 0 Å².